The predicted octanol–water partition coefficient (Wildman–Crippen LogP) is 1.99. The number of aryl methyl sites for hydroxylation is 1. The molecule has 2 aromatic rings. The topological polar surface area (TPSA) is 144 Å². The van der Waals surface area contributed by atoms with Crippen molar-refractivity contribution in [3.63, 3.8) is 0 Å². The lowest BCUT2D eigenvalue weighted by molar-refractivity contribution is -0.123. The molecule has 1 unspecified atom stereocenters. The zero-order chi connectivity index (χ0) is 27.9. The molecule has 1 saturated heterocycles. The summed E-state index contributed by atoms with van der Waals surface area (Å²) in [4.78, 5) is 17.0. The summed E-state index contributed by atoms with van der Waals surface area (Å²) in [6, 6.07) is 2.38. The Morgan fingerprint density at radius 2 is 1.87 bits per heavy atom. The van der Waals surface area contributed by atoms with Gasteiger partial charge in [-0.05, 0) is 64.3 Å². The lowest BCUT2D eigenvalue weighted by Gasteiger charge is -2.60. The van der Waals surface area contributed by atoms with Crippen LogP contribution < -0.4 is 20.5 Å². The van der Waals surface area contributed by atoms with Crippen LogP contribution in [0.2, 0.25) is 0 Å². The molecule has 206 valence electrons. The molecule has 39 heavy (non-hydrogen) atoms. The van der Waals surface area contributed by atoms with Crippen LogP contribution in [0.4, 0.5) is 0 Å². The quantitative estimate of drug-likeness (QED) is 0.465. The number of nitrogens with two attached hydrogens (primary N) is 1. The van der Waals surface area contributed by atoms with Gasteiger partial charge in [0.2, 0.25) is 12.7 Å². The fourth-order valence-electron chi connectivity index (χ4n) is 7.27. The predicted molar refractivity (Wildman–Crippen MR) is 143 cm³/mol. The van der Waals surface area contributed by atoms with Gasteiger partial charge in [0.05, 0.1) is 24.2 Å². The average Bonchev–Trinajstić information content (AvgIpc) is 3.39. The molecule has 10 nitrogen and oxygen atoms in total. The third kappa shape index (κ3) is 3.53. The average molecular weight is 534 g/mol. The lowest BCUT2D eigenvalue weighted by atomic mass is 9.71. The number of hydrogen-bond acceptors (Lipinski definition) is 9. The molecule has 0 aliphatic carbocycles. The van der Waals surface area contributed by atoms with Gasteiger partial charge in [0.15, 0.2) is 11.5 Å². The summed E-state index contributed by atoms with van der Waals surface area (Å²) in [6.07, 6.45) is 1.04. The Balaban J connectivity index is 1.58. The van der Waals surface area contributed by atoms with Crippen molar-refractivity contribution in [3.05, 3.63) is 45.0 Å². The van der Waals surface area contributed by atoms with Gasteiger partial charge in [0, 0.05) is 40.9 Å². The summed E-state index contributed by atoms with van der Waals surface area (Å²) in [5, 5.41) is 36.4. The zero-order valence-corrected chi connectivity index (χ0v) is 22.9. The Morgan fingerprint density at radius 3 is 2.56 bits per heavy atom. The maximum atomic E-state index is 12.6. The van der Waals surface area contributed by atoms with Crippen molar-refractivity contribution in [2.45, 2.75) is 76.8 Å². The number of nitrogens with zero attached hydrogens (tertiary/aromatic N) is 3. The second-order valence-corrected chi connectivity index (χ2v) is 11.4. The highest BCUT2D eigenvalue weighted by Crippen LogP contribution is 2.57. The van der Waals surface area contributed by atoms with Gasteiger partial charge in [-0.15, -0.1) is 0 Å². The summed E-state index contributed by atoms with van der Waals surface area (Å²) in [5.41, 5.74) is 11.7. The Bertz CT molecular complexity index is 1430. The maximum Gasteiger partial charge on any atom is 0.236 e. The number of phenols is 2. The Hall–Kier alpha value is -3.52. The first-order chi connectivity index (χ1) is 18.6. The van der Waals surface area contributed by atoms with E-state index in [1.807, 2.05) is 20.9 Å². The van der Waals surface area contributed by atoms with Crippen LogP contribution in [-0.2, 0) is 17.6 Å². The van der Waals surface area contributed by atoms with Gasteiger partial charge < -0.3 is 30.7 Å². The molecule has 0 saturated carbocycles. The van der Waals surface area contributed by atoms with Crippen molar-refractivity contribution in [1.29, 1.82) is 5.26 Å². The second-order valence-electron chi connectivity index (χ2n) is 11.4. The SMILES string of the molecule is Cc1cc2c(c(O)c1C)[C@@H]1C3Cc4c(O)c(C)c5c(c4[C@H](CNC(=O)[C@H](C)N)N3[C@@H](C#N)[C@H](C2)N1C)OCO5. The van der Waals surface area contributed by atoms with Crippen LogP contribution in [0.15, 0.2) is 6.07 Å². The highest BCUT2D eigenvalue weighted by molar-refractivity contribution is 5.81. The van der Waals surface area contributed by atoms with Gasteiger partial charge >= 0.3 is 0 Å². The van der Waals surface area contributed by atoms with E-state index in [9.17, 15) is 20.3 Å². The number of aromatic hydroxyl groups is 2. The van der Waals surface area contributed by atoms with Crippen LogP contribution in [0.25, 0.3) is 0 Å². The first-order valence-corrected chi connectivity index (χ1v) is 13.4. The maximum absolute atomic E-state index is 12.6. The summed E-state index contributed by atoms with van der Waals surface area (Å²) < 4.78 is 11.7. The van der Waals surface area contributed by atoms with E-state index in [2.05, 4.69) is 27.3 Å². The molecule has 4 aliphatic rings. The number of carbonyl (C=O) groups excluding carboxylic acids is 1. The summed E-state index contributed by atoms with van der Waals surface area (Å²) in [5.74, 6) is 1.16. The van der Waals surface area contributed by atoms with Gasteiger partial charge in [0.1, 0.15) is 17.5 Å². The zero-order valence-electron chi connectivity index (χ0n) is 22.9. The summed E-state index contributed by atoms with van der Waals surface area (Å²) in [6.45, 7) is 7.55. The van der Waals surface area contributed by atoms with Crippen molar-refractivity contribution in [3.8, 4) is 29.1 Å². The van der Waals surface area contributed by atoms with E-state index in [-0.39, 0.29) is 48.9 Å². The number of benzene rings is 2. The van der Waals surface area contributed by atoms with Crippen LogP contribution in [0, 0.1) is 32.1 Å². The van der Waals surface area contributed by atoms with Crippen LogP contribution in [0.3, 0.4) is 0 Å². The molecule has 0 spiro atoms. The Kier molecular flexibility index (Phi) is 5.95. The van der Waals surface area contributed by atoms with E-state index in [0.29, 0.717) is 29.9 Å². The molecule has 4 aliphatic heterocycles. The van der Waals surface area contributed by atoms with E-state index in [1.54, 1.807) is 13.8 Å². The first kappa shape index (κ1) is 25.7. The van der Waals surface area contributed by atoms with Crippen molar-refractivity contribution in [2.75, 3.05) is 20.4 Å². The lowest BCUT2D eigenvalue weighted by Crippen LogP contribution is -2.68. The normalized spacial score (nSPS) is 27.7. The number of ether oxygens (including phenoxy) is 2. The molecule has 6 atom stereocenters. The van der Waals surface area contributed by atoms with Crippen LogP contribution in [-0.4, -0.2) is 70.5 Å². The van der Waals surface area contributed by atoms with E-state index in [1.165, 1.54) is 0 Å². The van der Waals surface area contributed by atoms with Crippen molar-refractivity contribution in [1.82, 2.24) is 15.1 Å². The fourth-order valence-corrected chi connectivity index (χ4v) is 7.27. The van der Waals surface area contributed by atoms with Gasteiger partial charge in [0.25, 0.3) is 0 Å². The second kappa shape index (κ2) is 9.01. The molecule has 4 heterocycles. The number of amides is 1. The molecule has 1 amide bonds. The molecule has 2 aromatic carbocycles. The molecular weight excluding hydrogens is 498 g/mol. The molecule has 2 bridgehead atoms. The highest BCUT2D eigenvalue weighted by atomic mass is 16.7. The van der Waals surface area contributed by atoms with E-state index in [4.69, 9.17) is 15.2 Å². The number of likely N-dealkylation sites (N-methyl/N-ethyl adjacent to an activating group) is 1. The van der Waals surface area contributed by atoms with Gasteiger partial charge in [-0.1, -0.05) is 6.07 Å². The Morgan fingerprint density at radius 1 is 1.15 bits per heavy atom. The number of hydrogen-bond donors (Lipinski definition) is 4. The monoisotopic (exact) mass is 533 g/mol. The molecule has 5 N–H and O–H groups in total. The van der Waals surface area contributed by atoms with E-state index < -0.39 is 18.1 Å². The molecule has 0 aromatic heterocycles. The smallest absolute Gasteiger partial charge is 0.236 e. The number of piperazine rings is 1. The van der Waals surface area contributed by atoms with Crippen molar-refractivity contribution >= 4 is 5.91 Å². The minimum atomic E-state index is -0.700. The van der Waals surface area contributed by atoms with Crippen LogP contribution >= 0.6 is 0 Å². The number of carbonyl (C=O) groups is 1. The number of nitrogens with one attached hydrogen (secondary N) is 1. The van der Waals surface area contributed by atoms with Gasteiger partial charge in [-0.25, -0.2) is 0 Å². The number of rotatable bonds is 3. The largest absolute Gasteiger partial charge is 0.507 e. The van der Waals surface area contributed by atoms with E-state index in [0.717, 1.165) is 33.4 Å². The third-order valence-electron chi connectivity index (χ3n) is 9.34. The summed E-state index contributed by atoms with van der Waals surface area (Å²) >= 11 is 0. The number of nitriles is 1. The third-order valence-corrected chi connectivity index (χ3v) is 9.34. The standard InChI is InChI=1S/C29H35N5O5/c1-12-6-16-7-18-20(9-30)34-19(24(33(18)5)22(16)26(36)13(12)2)8-17-23(21(34)10-32-29(37)15(4)31)28-27(38-11-39-28)14(3)25(17)35/h6,15,18-21,24,35-36H,7-8,10-11,31H2,1-5H3,(H,32,37)/t15-,18-,19?,20-,21-,24-/m0/s1. The molecule has 1 fully saturated rings. The molecule has 0 radical (unpaired) electrons. The Labute approximate surface area is 227 Å². The van der Waals surface area contributed by atoms with Crippen LogP contribution in [0.5, 0.6) is 23.0 Å². The number of fused-ring (bicyclic) bond motifs is 9. The molecule has 10 heteroatoms. The first-order valence-electron chi connectivity index (χ1n) is 13.4. The molecule has 6 rings (SSSR count). The van der Waals surface area contributed by atoms with Gasteiger partial charge in [-0.2, -0.15) is 5.26 Å². The van der Waals surface area contributed by atoms with Crippen LogP contribution in [0.1, 0.15) is 58.0 Å². The fraction of sp³-hybridized carbons (Fsp3) is 0.517. The van der Waals surface area contributed by atoms with Crippen molar-refractivity contribution in [2.24, 2.45) is 5.73 Å². The van der Waals surface area contributed by atoms with E-state index >= 15 is 0 Å². The minimum absolute atomic E-state index is 0.0317. The molecular formula is C29H35N5O5. The minimum Gasteiger partial charge on any atom is -0.507 e. The van der Waals surface area contributed by atoms with Gasteiger partial charge in [-0.3, -0.25) is 14.6 Å². The highest BCUT2D eigenvalue weighted by Gasteiger charge is 2.56. The van der Waals surface area contributed by atoms with Crippen molar-refractivity contribution < 1.29 is 24.5 Å². The summed E-state index contributed by atoms with van der Waals surface area (Å²) in [7, 11) is 2.02. The number of phenolic OH excluding ortho intramolecular Hbond substituents is 2.